The molecule has 3 N–H and O–H groups in total. The average Bonchev–Trinajstić information content (AvgIpc) is 3.30. The van der Waals surface area contributed by atoms with E-state index >= 15 is 0 Å². The molecule has 2 atom stereocenters. The summed E-state index contributed by atoms with van der Waals surface area (Å²) in [7, 11) is 0. The first kappa shape index (κ1) is 62.6. The SMILES string of the molecule is CCCCCCC/C=C\C/C=C\C/C=C\CCCCCCCCCCCCCCCCCCCCCCCCCCCCC(=O)NC(CO)C(O)CCCCCCCCCCCCC. The van der Waals surface area contributed by atoms with Gasteiger partial charge in [0.05, 0.1) is 18.8 Å². The van der Waals surface area contributed by atoms with Crippen molar-refractivity contribution in [3.05, 3.63) is 36.5 Å². The summed E-state index contributed by atoms with van der Waals surface area (Å²) in [5.74, 6) is -0.0270. The average molecular weight is 899 g/mol. The number of allylic oxidation sites excluding steroid dienone is 6. The molecule has 0 aromatic rings. The fourth-order valence-electron chi connectivity index (χ4n) is 9.20. The highest BCUT2D eigenvalue weighted by Crippen LogP contribution is 2.18. The molecule has 64 heavy (non-hydrogen) atoms. The van der Waals surface area contributed by atoms with Crippen molar-refractivity contribution in [2.45, 2.75) is 334 Å². The number of aliphatic hydroxyl groups is 2. The molecular formula is C60H115NO3. The minimum Gasteiger partial charge on any atom is -0.394 e. The number of rotatable bonds is 54. The molecule has 0 aromatic heterocycles. The predicted molar refractivity (Wildman–Crippen MR) is 285 cm³/mol. The van der Waals surface area contributed by atoms with Crippen LogP contribution in [0.3, 0.4) is 0 Å². The van der Waals surface area contributed by atoms with Crippen LogP contribution >= 0.6 is 0 Å². The Hall–Kier alpha value is -1.39. The molecule has 0 saturated carbocycles. The van der Waals surface area contributed by atoms with Gasteiger partial charge in [-0.1, -0.05) is 301 Å². The maximum absolute atomic E-state index is 12.4. The summed E-state index contributed by atoms with van der Waals surface area (Å²) in [6.45, 7) is 4.35. The van der Waals surface area contributed by atoms with Gasteiger partial charge in [-0.15, -0.1) is 0 Å². The van der Waals surface area contributed by atoms with E-state index in [-0.39, 0.29) is 12.5 Å². The first-order valence-corrected chi connectivity index (χ1v) is 29.2. The van der Waals surface area contributed by atoms with Crippen molar-refractivity contribution in [3.8, 4) is 0 Å². The molecule has 0 spiro atoms. The zero-order valence-corrected chi connectivity index (χ0v) is 43.6. The van der Waals surface area contributed by atoms with Gasteiger partial charge in [0, 0.05) is 6.42 Å². The monoisotopic (exact) mass is 898 g/mol. The van der Waals surface area contributed by atoms with E-state index in [0.717, 1.165) is 38.5 Å². The van der Waals surface area contributed by atoms with Gasteiger partial charge in [-0.2, -0.15) is 0 Å². The van der Waals surface area contributed by atoms with E-state index in [9.17, 15) is 15.0 Å². The molecule has 1 amide bonds. The second kappa shape index (κ2) is 55.9. The highest BCUT2D eigenvalue weighted by atomic mass is 16.3. The summed E-state index contributed by atoms with van der Waals surface area (Å²) in [6.07, 6.45) is 75.9. The molecule has 4 nitrogen and oxygen atoms in total. The second-order valence-corrected chi connectivity index (χ2v) is 20.1. The normalized spacial score (nSPS) is 13.0. The molecule has 0 fully saturated rings. The third-order valence-electron chi connectivity index (χ3n) is 13.7. The largest absolute Gasteiger partial charge is 0.394 e. The number of amides is 1. The molecule has 0 rings (SSSR count). The molecule has 2 unspecified atom stereocenters. The van der Waals surface area contributed by atoms with Gasteiger partial charge >= 0.3 is 0 Å². The number of hydrogen-bond donors (Lipinski definition) is 3. The molecule has 0 aliphatic heterocycles. The van der Waals surface area contributed by atoms with E-state index < -0.39 is 12.1 Å². The summed E-state index contributed by atoms with van der Waals surface area (Å²) < 4.78 is 0. The van der Waals surface area contributed by atoms with Crippen molar-refractivity contribution in [1.29, 1.82) is 0 Å². The van der Waals surface area contributed by atoms with Crippen LogP contribution in [0.1, 0.15) is 322 Å². The zero-order chi connectivity index (χ0) is 46.3. The fraction of sp³-hybridized carbons (Fsp3) is 0.883. The van der Waals surface area contributed by atoms with E-state index in [1.165, 1.54) is 257 Å². The van der Waals surface area contributed by atoms with Crippen LogP contribution in [0.25, 0.3) is 0 Å². The van der Waals surface area contributed by atoms with Crippen molar-refractivity contribution >= 4 is 5.91 Å². The van der Waals surface area contributed by atoms with Crippen molar-refractivity contribution in [1.82, 2.24) is 5.32 Å². The van der Waals surface area contributed by atoms with Crippen LogP contribution in [-0.4, -0.2) is 34.9 Å². The Balaban J connectivity index is 3.34. The maximum Gasteiger partial charge on any atom is 0.220 e. The van der Waals surface area contributed by atoms with Crippen molar-refractivity contribution in [3.63, 3.8) is 0 Å². The minimum absolute atomic E-state index is 0.0270. The Morgan fingerprint density at radius 1 is 0.375 bits per heavy atom. The van der Waals surface area contributed by atoms with Crippen LogP contribution in [0, 0.1) is 0 Å². The number of carbonyl (C=O) groups excluding carboxylic acids is 1. The highest BCUT2D eigenvalue weighted by molar-refractivity contribution is 5.76. The lowest BCUT2D eigenvalue weighted by molar-refractivity contribution is -0.123. The lowest BCUT2D eigenvalue weighted by atomic mass is 10.0. The van der Waals surface area contributed by atoms with Crippen LogP contribution in [0.4, 0.5) is 0 Å². The van der Waals surface area contributed by atoms with Gasteiger partial charge in [-0.3, -0.25) is 4.79 Å². The number of aliphatic hydroxyl groups excluding tert-OH is 2. The van der Waals surface area contributed by atoms with Gasteiger partial charge in [0.2, 0.25) is 5.91 Å². The summed E-state index contributed by atoms with van der Waals surface area (Å²) in [4.78, 5) is 12.4. The standard InChI is InChI=1S/C60H115NO3/c1-3-5-7-9-11-13-15-16-17-18-19-20-21-22-23-24-25-26-27-28-29-30-31-32-33-34-35-36-37-38-39-40-41-42-43-44-46-48-50-52-54-56-60(64)61-58(57-62)59(63)55-53-51-49-47-45-14-12-10-8-6-4-2/h15-16,18-19,21-22,58-59,62-63H,3-14,17,20,23-57H2,1-2H3,(H,61,64)/b16-15-,19-18-,22-21-. The number of unbranched alkanes of at least 4 members (excludes halogenated alkanes) is 41. The third-order valence-corrected chi connectivity index (χ3v) is 13.7. The van der Waals surface area contributed by atoms with E-state index in [4.69, 9.17) is 0 Å². The summed E-state index contributed by atoms with van der Waals surface area (Å²) in [5, 5.41) is 23.2. The zero-order valence-electron chi connectivity index (χ0n) is 43.6. The van der Waals surface area contributed by atoms with Gasteiger partial charge in [0.25, 0.3) is 0 Å². The number of hydrogen-bond acceptors (Lipinski definition) is 3. The predicted octanol–water partition coefficient (Wildman–Crippen LogP) is 19.3. The van der Waals surface area contributed by atoms with E-state index in [1.54, 1.807) is 0 Å². The molecule has 0 radical (unpaired) electrons. The number of carbonyl (C=O) groups is 1. The van der Waals surface area contributed by atoms with Crippen molar-refractivity contribution < 1.29 is 15.0 Å². The Bertz CT molecular complexity index is 974. The molecule has 0 saturated heterocycles. The quantitative estimate of drug-likeness (QED) is 0.0421. The van der Waals surface area contributed by atoms with Crippen molar-refractivity contribution in [2.75, 3.05) is 6.61 Å². The molecule has 0 aromatic carbocycles. The van der Waals surface area contributed by atoms with Gasteiger partial charge in [-0.25, -0.2) is 0 Å². The van der Waals surface area contributed by atoms with Crippen LogP contribution in [0.2, 0.25) is 0 Å². The number of nitrogens with one attached hydrogen (secondary N) is 1. The summed E-state index contributed by atoms with van der Waals surface area (Å²) >= 11 is 0. The van der Waals surface area contributed by atoms with E-state index in [2.05, 4.69) is 55.6 Å². The second-order valence-electron chi connectivity index (χ2n) is 20.1. The van der Waals surface area contributed by atoms with Crippen LogP contribution in [0.5, 0.6) is 0 Å². The van der Waals surface area contributed by atoms with Crippen LogP contribution < -0.4 is 5.32 Å². The lowest BCUT2D eigenvalue weighted by Crippen LogP contribution is -2.45. The van der Waals surface area contributed by atoms with Crippen molar-refractivity contribution in [2.24, 2.45) is 0 Å². The van der Waals surface area contributed by atoms with Crippen LogP contribution in [-0.2, 0) is 4.79 Å². The molecule has 0 aliphatic rings. The smallest absolute Gasteiger partial charge is 0.220 e. The minimum atomic E-state index is -0.655. The van der Waals surface area contributed by atoms with Crippen LogP contribution in [0.15, 0.2) is 36.5 Å². The van der Waals surface area contributed by atoms with E-state index in [0.29, 0.717) is 12.8 Å². The van der Waals surface area contributed by atoms with Gasteiger partial charge in [0.1, 0.15) is 0 Å². The first-order valence-electron chi connectivity index (χ1n) is 29.2. The molecule has 0 aliphatic carbocycles. The van der Waals surface area contributed by atoms with E-state index in [1.807, 2.05) is 0 Å². The first-order chi connectivity index (χ1) is 31.7. The highest BCUT2D eigenvalue weighted by Gasteiger charge is 2.20. The molecule has 0 heterocycles. The third kappa shape index (κ3) is 51.6. The Labute approximate surface area is 402 Å². The van der Waals surface area contributed by atoms with Gasteiger partial charge < -0.3 is 15.5 Å². The maximum atomic E-state index is 12.4. The molecular weight excluding hydrogens is 783 g/mol. The van der Waals surface area contributed by atoms with Gasteiger partial charge in [-0.05, 0) is 51.4 Å². The summed E-state index contributed by atoms with van der Waals surface area (Å²) in [6, 6.07) is -0.532. The lowest BCUT2D eigenvalue weighted by Gasteiger charge is -2.22. The Morgan fingerprint density at radius 2 is 0.641 bits per heavy atom. The Kier molecular flexibility index (Phi) is 54.7. The Morgan fingerprint density at radius 3 is 0.953 bits per heavy atom. The molecule has 4 heteroatoms. The molecule has 0 bridgehead atoms. The molecule has 378 valence electrons. The fourth-order valence-corrected chi connectivity index (χ4v) is 9.20. The topological polar surface area (TPSA) is 69.6 Å². The van der Waals surface area contributed by atoms with Gasteiger partial charge in [0.15, 0.2) is 0 Å². The summed E-state index contributed by atoms with van der Waals surface area (Å²) in [5.41, 5.74) is 0.